The summed E-state index contributed by atoms with van der Waals surface area (Å²) >= 11 is 0. The second-order valence-corrected chi connectivity index (χ2v) is 6.77. The summed E-state index contributed by atoms with van der Waals surface area (Å²) in [5, 5.41) is 7.07. The van der Waals surface area contributed by atoms with Gasteiger partial charge >= 0.3 is 5.91 Å². The summed E-state index contributed by atoms with van der Waals surface area (Å²) in [5.41, 5.74) is 3.94. The third-order valence-electron chi connectivity index (χ3n) is 4.68. The van der Waals surface area contributed by atoms with E-state index < -0.39 is 5.91 Å². The maximum atomic E-state index is 12.5. The van der Waals surface area contributed by atoms with Crippen LogP contribution in [-0.2, 0) is 0 Å². The number of ether oxygens (including phenoxy) is 2. The van der Waals surface area contributed by atoms with Gasteiger partial charge in [-0.05, 0) is 53.1 Å². The van der Waals surface area contributed by atoms with Crippen molar-refractivity contribution < 1.29 is 18.7 Å². The zero-order chi connectivity index (χ0) is 20.9. The Morgan fingerprint density at radius 3 is 2.77 bits per heavy atom. The molecule has 0 bridgehead atoms. The van der Waals surface area contributed by atoms with E-state index in [1.165, 1.54) is 0 Å². The fraction of sp³-hybridized carbons (Fsp3) is 0.167. The molecular formula is C24H22N2O4. The number of benzene rings is 3. The van der Waals surface area contributed by atoms with Crippen molar-refractivity contribution in [2.45, 2.75) is 13.3 Å². The first kappa shape index (κ1) is 19.5. The molecule has 0 atom stereocenters. The zero-order valence-corrected chi connectivity index (χ0v) is 16.8. The Balaban J connectivity index is 1.49. The van der Waals surface area contributed by atoms with Gasteiger partial charge in [-0.3, -0.25) is 4.79 Å². The molecule has 1 aromatic heterocycles. The average molecular weight is 402 g/mol. The van der Waals surface area contributed by atoms with Gasteiger partial charge in [0.15, 0.2) is 17.3 Å². The summed E-state index contributed by atoms with van der Waals surface area (Å²) in [6.07, 6.45) is 2.46. The summed E-state index contributed by atoms with van der Waals surface area (Å²) in [6, 6.07) is 19.0. The molecule has 3 aromatic carbocycles. The fourth-order valence-corrected chi connectivity index (χ4v) is 3.22. The van der Waals surface area contributed by atoms with Crippen LogP contribution < -0.4 is 14.9 Å². The van der Waals surface area contributed by atoms with E-state index in [0.717, 1.165) is 28.1 Å². The average Bonchev–Trinajstić information content (AvgIpc) is 3.23. The van der Waals surface area contributed by atoms with E-state index in [9.17, 15) is 4.79 Å². The highest BCUT2D eigenvalue weighted by atomic mass is 16.5. The van der Waals surface area contributed by atoms with Gasteiger partial charge in [0.05, 0.1) is 19.9 Å². The van der Waals surface area contributed by atoms with Crippen LogP contribution in [0.25, 0.3) is 21.7 Å². The van der Waals surface area contributed by atoms with Crippen molar-refractivity contribution in [1.82, 2.24) is 5.43 Å². The molecular weight excluding hydrogens is 380 g/mol. The molecule has 1 amide bonds. The largest absolute Gasteiger partial charge is 0.493 e. The van der Waals surface area contributed by atoms with Crippen LogP contribution in [0.4, 0.5) is 0 Å². The Labute approximate surface area is 174 Å². The number of rotatable bonds is 7. The molecule has 30 heavy (non-hydrogen) atoms. The maximum Gasteiger partial charge on any atom is 0.307 e. The molecule has 4 aromatic rings. The second-order valence-electron chi connectivity index (χ2n) is 6.77. The number of methoxy groups -OCH3 is 1. The van der Waals surface area contributed by atoms with Gasteiger partial charge in [-0.2, -0.15) is 5.10 Å². The molecule has 6 heteroatoms. The Kier molecular flexibility index (Phi) is 5.66. The normalized spacial score (nSPS) is 11.3. The molecule has 0 radical (unpaired) electrons. The Morgan fingerprint density at radius 1 is 1.07 bits per heavy atom. The first-order chi connectivity index (χ1) is 14.7. The lowest BCUT2D eigenvalue weighted by atomic mass is 10.1. The predicted octanol–water partition coefficient (Wildman–Crippen LogP) is 5.15. The van der Waals surface area contributed by atoms with Crippen LogP contribution in [0.1, 0.15) is 29.5 Å². The van der Waals surface area contributed by atoms with Crippen molar-refractivity contribution in [1.29, 1.82) is 0 Å². The highest BCUT2D eigenvalue weighted by Crippen LogP contribution is 2.29. The predicted molar refractivity (Wildman–Crippen MR) is 118 cm³/mol. The van der Waals surface area contributed by atoms with Gasteiger partial charge in [-0.15, -0.1) is 0 Å². The summed E-state index contributed by atoms with van der Waals surface area (Å²) in [7, 11) is 1.59. The minimum absolute atomic E-state index is 0.208. The van der Waals surface area contributed by atoms with Gasteiger partial charge in [0.1, 0.15) is 5.58 Å². The number of carbonyl (C=O) groups excluding carboxylic acids is 1. The number of nitrogens with one attached hydrogen (secondary N) is 1. The third-order valence-corrected chi connectivity index (χ3v) is 4.68. The quantitative estimate of drug-likeness (QED) is 0.343. The van der Waals surface area contributed by atoms with Gasteiger partial charge in [0, 0.05) is 5.39 Å². The molecule has 0 unspecified atom stereocenters. The Hall–Kier alpha value is -3.80. The number of carbonyl (C=O) groups is 1. The number of nitrogens with zero attached hydrogens (tertiary/aromatic N) is 1. The van der Waals surface area contributed by atoms with Gasteiger partial charge in [0.25, 0.3) is 0 Å². The lowest BCUT2D eigenvalue weighted by Gasteiger charge is -2.10. The first-order valence-corrected chi connectivity index (χ1v) is 9.75. The number of furan rings is 1. The van der Waals surface area contributed by atoms with Gasteiger partial charge in [-0.25, -0.2) is 5.43 Å². The van der Waals surface area contributed by atoms with Crippen LogP contribution >= 0.6 is 0 Å². The topological polar surface area (TPSA) is 73.1 Å². The van der Waals surface area contributed by atoms with Crippen LogP contribution in [0.5, 0.6) is 11.5 Å². The fourth-order valence-electron chi connectivity index (χ4n) is 3.22. The highest BCUT2D eigenvalue weighted by Gasteiger charge is 2.13. The smallest absolute Gasteiger partial charge is 0.307 e. The third kappa shape index (κ3) is 3.98. The summed E-state index contributed by atoms with van der Waals surface area (Å²) < 4.78 is 16.7. The summed E-state index contributed by atoms with van der Waals surface area (Å²) in [6.45, 7) is 2.66. The van der Waals surface area contributed by atoms with Crippen molar-refractivity contribution >= 4 is 33.9 Å². The first-order valence-electron chi connectivity index (χ1n) is 9.75. The molecule has 0 aliphatic carbocycles. The van der Waals surface area contributed by atoms with Crippen LogP contribution in [0.3, 0.4) is 0 Å². The van der Waals surface area contributed by atoms with Crippen molar-refractivity contribution in [2.24, 2.45) is 5.10 Å². The minimum atomic E-state index is -0.415. The highest BCUT2D eigenvalue weighted by molar-refractivity contribution is 6.08. The summed E-state index contributed by atoms with van der Waals surface area (Å²) in [4.78, 5) is 12.5. The van der Waals surface area contributed by atoms with E-state index in [1.807, 2.05) is 55.5 Å². The van der Waals surface area contributed by atoms with E-state index in [0.29, 0.717) is 23.7 Å². The lowest BCUT2D eigenvalue weighted by Crippen LogP contribution is -2.16. The van der Waals surface area contributed by atoms with Crippen molar-refractivity contribution in [3.05, 3.63) is 72.0 Å². The molecule has 0 spiro atoms. The zero-order valence-electron chi connectivity index (χ0n) is 16.8. The Morgan fingerprint density at radius 2 is 1.93 bits per heavy atom. The SMILES string of the molecule is CCCOc1ccc(C=NNC(=O)c2cc3c(ccc4ccccc43)o2)cc1OC. The van der Waals surface area contributed by atoms with Crippen molar-refractivity contribution in [3.63, 3.8) is 0 Å². The van der Waals surface area contributed by atoms with Crippen LogP contribution in [0.2, 0.25) is 0 Å². The summed E-state index contributed by atoms with van der Waals surface area (Å²) in [5.74, 6) is 1.08. The number of hydrazone groups is 1. The van der Waals surface area contributed by atoms with Crippen LogP contribution in [0.15, 0.2) is 70.2 Å². The molecule has 6 nitrogen and oxygen atoms in total. The molecule has 0 fully saturated rings. The van der Waals surface area contributed by atoms with Gasteiger partial charge in [-0.1, -0.05) is 37.3 Å². The van der Waals surface area contributed by atoms with E-state index in [2.05, 4.69) is 10.5 Å². The lowest BCUT2D eigenvalue weighted by molar-refractivity contribution is 0.0929. The monoisotopic (exact) mass is 402 g/mol. The molecule has 4 rings (SSSR count). The number of fused-ring (bicyclic) bond motifs is 3. The van der Waals surface area contributed by atoms with E-state index in [1.54, 1.807) is 25.5 Å². The molecule has 0 aliphatic heterocycles. The second kappa shape index (κ2) is 8.69. The Bertz CT molecular complexity index is 1230. The number of hydrogen-bond acceptors (Lipinski definition) is 5. The molecule has 0 saturated heterocycles. The standard InChI is InChI=1S/C24H22N2O4/c1-3-12-29-21-10-8-16(13-22(21)28-2)15-25-26-24(27)23-14-19-18-7-5-4-6-17(18)9-11-20(19)30-23/h4-11,13-15H,3,12H2,1-2H3,(H,26,27). The van der Waals surface area contributed by atoms with Crippen molar-refractivity contribution in [3.8, 4) is 11.5 Å². The molecule has 1 N–H and O–H groups in total. The van der Waals surface area contributed by atoms with Gasteiger partial charge < -0.3 is 13.9 Å². The number of amides is 1. The van der Waals surface area contributed by atoms with E-state index >= 15 is 0 Å². The van der Waals surface area contributed by atoms with E-state index in [-0.39, 0.29) is 5.76 Å². The minimum Gasteiger partial charge on any atom is -0.493 e. The maximum absolute atomic E-state index is 12.5. The van der Waals surface area contributed by atoms with Crippen LogP contribution in [-0.4, -0.2) is 25.8 Å². The van der Waals surface area contributed by atoms with Gasteiger partial charge in [0.2, 0.25) is 0 Å². The van der Waals surface area contributed by atoms with E-state index in [4.69, 9.17) is 13.9 Å². The molecule has 1 heterocycles. The van der Waals surface area contributed by atoms with Crippen LogP contribution in [0, 0.1) is 0 Å². The molecule has 152 valence electrons. The number of hydrogen-bond donors (Lipinski definition) is 1. The molecule has 0 saturated carbocycles. The van der Waals surface area contributed by atoms with Crippen molar-refractivity contribution in [2.75, 3.05) is 13.7 Å². The molecule has 0 aliphatic rings.